The van der Waals surface area contributed by atoms with Gasteiger partial charge in [-0.15, -0.1) is 0 Å². The number of hydrogen-bond donors (Lipinski definition) is 4. The third-order valence-electron chi connectivity index (χ3n) is 4.55. The SMILES string of the molecule is COc1ccccc1Nc1ncccc1C(=O)NNC(=O)CNc1ccc(C)cc1C. The maximum Gasteiger partial charge on any atom is 0.273 e. The molecule has 4 N–H and O–H groups in total. The smallest absolute Gasteiger partial charge is 0.273 e. The number of methoxy groups -OCH3 is 1. The van der Waals surface area contributed by atoms with Gasteiger partial charge < -0.3 is 15.4 Å². The Labute approximate surface area is 181 Å². The lowest BCUT2D eigenvalue weighted by Crippen LogP contribution is -2.44. The van der Waals surface area contributed by atoms with Crippen LogP contribution in [0.2, 0.25) is 0 Å². The largest absolute Gasteiger partial charge is 0.495 e. The molecule has 0 atom stereocenters. The molecule has 0 bridgehead atoms. The quantitative estimate of drug-likeness (QED) is 0.438. The average molecular weight is 419 g/mol. The van der Waals surface area contributed by atoms with E-state index in [-0.39, 0.29) is 18.0 Å². The van der Waals surface area contributed by atoms with Crippen LogP contribution in [0.4, 0.5) is 17.2 Å². The number of ether oxygens (including phenoxy) is 1. The number of carbonyl (C=O) groups is 2. The van der Waals surface area contributed by atoms with E-state index in [1.54, 1.807) is 31.5 Å². The zero-order chi connectivity index (χ0) is 22.2. The second-order valence-corrected chi connectivity index (χ2v) is 6.90. The first-order valence-electron chi connectivity index (χ1n) is 9.73. The number of hydrazine groups is 1. The Kier molecular flexibility index (Phi) is 7.05. The van der Waals surface area contributed by atoms with Gasteiger partial charge in [0.25, 0.3) is 11.8 Å². The number of anilines is 3. The fourth-order valence-corrected chi connectivity index (χ4v) is 2.99. The van der Waals surface area contributed by atoms with Gasteiger partial charge in [0.1, 0.15) is 11.6 Å². The number of carbonyl (C=O) groups excluding carboxylic acids is 2. The lowest BCUT2D eigenvalue weighted by molar-refractivity contribution is -0.120. The van der Waals surface area contributed by atoms with E-state index >= 15 is 0 Å². The second-order valence-electron chi connectivity index (χ2n) is 6.90. The highest BCUT2D eigenvalue weighted by atomic mass is 16.5. The molecule has 2 amide bonds. The number of pyridine rings is 1. The van der Waals surface area contributed by atoms with Gasteiger partial charge in [-0.05, 0) is 49.7 Å². The average Bonchev–Trinajstić information content (AvgIpc) is 2.77. The van der Waals surface area contributed by atoms with E-state index in [0.717, 1.165) is 16.8 Å². The fourth-order valence-electron chi connectivity index (χ4n) is 2.99. The minimum absolute atomic E-state index is 0.0174. The van der Waals surface area contributed by atoms with Crippen LogP contribution in [-0.4, -0.2) is 30.5 Å². The number of hydrogen-bond acceptors (Lipinski definition) is 6. The van der Waals surface area contributed by atoms with E-state index in [1.165, 1.54) is 0 Å². The van der Waals surface area contributed by atoms with Gasteiger partial charge in [-0.25, -0.2) is 4.98 Å². The summed E-state index contributed by atoms with van der Waals surface area (Å²) in [7, 11) is 1.56. The topological polar surface area (TPSA) is 104 Å². The Hall–Kier alpha value is -4.07. The number of rotatable bonds is 7. The standard InChI is InChI=1S/C23H25N5O3/c1-15-10-11-18(16(2)13-15)25-14-21(29)27-28-23(30)17-7-6-12-24-22(17)26-19-8-4-5-9-20(19)31-3/h4-13,25H,14H2,1-3H3,(H,24,26)(H,27,29)(H,28,30). The van der Waals surface area contributed by atoms with Gasteiger partial charge in [-0.1, -0.05) is 29.8 Å². The monoisotopic (exact) mass is 419 g/mol. The van der Waals surface area contributed by atoms with Crippen LogP contribution in [0.25, 0.3) is 0 Å². The third-order valence-corrected chi connectivity index (χ3v) is 4.55. The summed E-state index contributed by atoms with van der Waals surface area (Å²) in [5.74, 6) is 0.0826. The molecule has 0 spiro atoms. The van der Waals surface area contributed by atoms with Gasteiger partial charge in [-0.2, -0.15) is 0 Å². The molecule has 0 unspecified atom stereocenters. The number of amides is 2. The Bertz CT molecular complexity index is 1080. The molecule has 160 valence electrons. The lowest BCUT2D eigenvalue weighted by atomic mass is 10.1. The van der Waals surface area contributed by atoms with Gasteiger partial charge >= 0.3 is 0 Å². The van der Waals surface area contributed by atoms with Crippen LogP contribution in [0.15, 0.2) is 60.8 Å². The van der Waals surface area contributed by atoms with Crippen molar-refractivity contribution in [1.29, 1.82) is 0 Å². The number of nitrogens with one attached hydrogen (secondary N) is 4. The molecule has 8 nitrogen and oxygen atoms in total. The van der Waals surface area contributed by atoms with Crippen LogP contribution in [0.1, 0.15) is 21.5 Å². The number of aryl methyl sites for hydroxylation is 2. The molecule has 2 aromatic carbocycles. The molecule has 3 rings (SSSR count). The first-order chi connectivity index (χ1) is 15.0. The minimum Gasteiger partial charge on any atom is -0.495 e. The van der Waals surface area contributed by atoms with Crippen LogP contribution in [0.3, 0.4) is 0 Å². The maximum atomic E-state index is 12.6. The van der Waals surface area contributed by atoms with E-state index in [1.807, 2.05) is 50.2 Å². The summed E-state index contributed by atoms with van der Waals surface area (Å²) in [6, 6.07) is 16.5. The second kappa shape index (κ2) is 10.1. The number of aromatic nitrogens is 1. The van der Waals surface area contributed by atoms with E-state index in [0.29, 0.717) is 17.3 Å². The minimum atomic E-state index is -0.495. The normalized spacial score (nSPS) is 10.2. The highest BCUT2D eigenvalue weighted by Crippen LogP contribution is 2.27. The summed E-state index contributed by atoms with van der Waals surface area (Å²) in [5.41, 5.74) is 8.83. The third kappa shape index (κ3) is 5.72. The van der Waals surface area contributed by atoms with Crippen molar-refractivity contribution >= 4 is 29.0 Å². The van der Waals surface area contributed by atoms with Crippen LogP contribution < -0.4 is 26.2 Å². The molecule has 31 heavy (non-hydrogen) atoms. The molecule has 0 aliphatic heterocycles. The summed E-state index contributed by atoms with van der Waals surface area (Å²) in [5, 5.41) is 6.15. The van der Waals surface area contributed by atoms with E-state index in [2.05, 4.69) is 26.5 Å². The van der Waals surface area contributed by atoms with Crippen molar-refractivity contribution < 1.29 is 14.3 Å². The molecular formula is C23H25N5O3. The first kappa shape index (κ1) is 21.6. The van der Waals surface area contributed by atoms with Crippen molar-refractivity contribution in [3.05, 3.63) is 77.5 Å². The van der Waals surface area contributed by atoms with E-state index in [9.17, 15) is 9.59 Å². The van der Waals surface area contributed by atoms with Crippen LogP contribution in [0.5, 0.6) is 5.75 Å². The highest BCUT2D eigenvalue weighted by molar-refractivity contribution is 6.00. The summed E-state index contributed by atoms with van der Waals surface area (Å²) in [4.78, 5) is 29.0. The number of para-hydroxylation sites is 2. The van der Waals surface area contributed by atoms with Gasteiger partial charge in [0.15, 0.2) is 0 Å². The molecule has 0 saturated carbocycles. The van der Waals surface area contributed by atoms with Gasteiger partial charge in [0.2, 0.25) is 0 Å². The molecular weight excluding hydrogens is 394 g/mol. The van der Waals surface area contributed by atoms with Crippen molar-refractivity contribution in [3.8, 4) is 5.75 Å². The fraction of sp³-hybridized carbons (Fsp3) is 0.174. The molecule has 1 aromatic heterocycles. The predicted octanol–water partition coefficient (Wildman–Crippen LogP) is 3.32. The molecule has 0 saturated heterocycles. The van der Waals surface area contributed by atoms with Crippen molar-refractivity contribution in [2.45, 2.75) is 13.8 Å². The van der Waals surface area contributed by atoms with Crippen molar-refractivity contribution in [2.75, 3.05) is 24.3 Å². The van der Waals surface area contributed by atoms with Crippen molar-refractivity contribution in [3.63, 3.8) is 0 Å². The molecule has 0 aliphatic rings. The van der Waals surface area contributed by atoms with Gasteiger partial charge in [0, 0.05) is 11.9 Å². The molecule has 3 aromatic rings. The Morgan fingerprint density at radius 2 is 1.77 bits per heavy atom. The van der Waals surface area contributed by atoms with E-state index < -0.39 is 5.91 Å². The Morgan fingerprint density at radius 3 is 2.55 bits per heavy atom. The predicted molar refractivity (Wildman–Crippen MR) is 121 cm³/mol. The zero-order valence-corrected chi connectivity index (χ0v) is 17.7. The summed E-state index contributed by atoms with van der Waals surface area (Å²) >= 11 is 0. The molecule has 8 heteroatoms. The maximum absolute atomic E-state index is 12.6. The highest BCUT2D eigenvalue weighted by Gasteiger charge is 2.14. The van der Waals surface area contributed by atoms with Gasteiger partial charge in [-0.3, -0.25) is 20.4 Å². The van der Waals surface area contributed by atoms with Crippen LogP contribution >= 0.6 is 0 Å². The van der Waals surface area contributed by atoms with Gasteiger partial charge in [0.05, 0.1) is 24.9 Å². The number of benzene rings is 2. The van der Waals surface area contributed by atoms with Crippen LogP contribution in [0, 0.1) is 13.8 Å². The Balaban J connectivity index is 1.60. The first-order valence-corrected chi connectivity index (χ1v) is 9.73. The Morgan fingerprint density at radius 1 is 0.968 bits per heavy atom. The molecule has 0 fully saturated rings. The molecule has 0 radical (unpaired) electrons. The summed E-state index contributed by atoms with van der Waals surface area (Å²) < 4.78 is 5.32. The van der Waals surface area contributed by atoms with Crippen molar-refractivity contribution in [2.24, 2.45) is 0 Å². The van der Waals surface area contributed by atoms with Crippen LogP contribution in [-0.2, 0) is 4.79 Å². The molecule has 1 heterocycles. The van der Waals surface area contributed by atoms with E-state index in [4.69, 9.17) is 4.74 Å². The molecule has 0 aliphatic carbocycles. The zero-order valence-electron chi connectivity index (χ0n) is 17.7. The van der Waals surface area contributed by atoms with Crippen molar-refractivity contribution in [1.82, 2.24) is 15.8 Å². The summed E-state index contributed by atoms with van der Waals surface area (Å²) in [6.45, 7) is 3.99. The number of nitrogens with zero attached hydrogens (tertiary/aromatic N) is 1. The summed E-state index contributed by atoms with van der Waals surface area (Å²) in [6.07, 6.45) is 1.57. The lowest BCUT2D eigenvalue weighted by Gasteiger charge is -2.14.